The van der Waals surface area contributed by atoms with Crippen LogP contribution in [0.5, 0.6) is 5.88 Å². The van der Waals surface area contributed by atoms with Crippen molar-refractivity contribution in [1.82, 2.24) is 4.98 Å². The number of carbonyl (C=O) groups excluding carboxylic acids is 1. The second-order valence-corrected chi connectivity index (χ2v) is 7.00. The van der Waals surface area contributed by atoms with Gasteiger partial charge in [-0.25, -0.2) is 4.99 Å². The Kier molecular flexibility index (Phi) is 3.78. The zero-order valence-electron chi connectivity index (χ0n) is 13.1. The summed E-state index contributed by atoms with van der Waals surface area (Å²) in [5.41, 5.74) is 2.09. The Morgan fingerprint density at radius 2 is 1.92 bits per heavy atom. The number of amides is 1. The van der Waals surface area contributed by atoms with Crippen LogP contribution in [0.4, 0.5) is 10.8 Å². The maximum absolute atomic E-state index is 12.4. The van der Waals surface area contributed by atoms with Crippen molar-refractivity contribution in [2.24, 2.45) is 4.99 Å². The van der Waals surface area contributed by atoms with Gasteiger partial charge in [-0.2, -0.15) is 4.98 Å². The van der Waals surface area contributed by atoms with Gasteiger partial charge >= 0.3 is 0 Å². The number of halogens is 1. The van der Waals surface area contributed by atoms with Crippen molar-refractivity contribution in [3.05, 3.63) is 68.5 Å². The van der Waals surface area contributed by atoms with Gasteiger partial charge in [-0.1, -0.05) is 41.1 Å². The third kappa shape index (κ3) is 2.79. The zero-order chi connectivity index (χ0) is 17.6. The average Bonchev–Trinajstić information content (AvgIpc) is 3.09. The highest BCUT2D eigenvalue weighted by Gasteiger charge is 2.25. The van der Waals surface area contributed by atoms with Crippen LogP contribution in [-0.4, -0.2) is 16.0 Å². The van der Waals surface area contributed by atoms with E-state index < -0.39 is 0 Å². The minimum absolute atomic E-state index is 0.186. The highest BCUT2D eigenvalue weighted by molar-refractivity contribution is 7.17. The molecule has 0 aliphatic carbocycles. The average molecular weight is 370 g/mol. The third-order valence-electron chi connectivity index (χ3n) is 3.87. The number of aromatic hydroxyl groups is 1. The van der Waals surface area contributed by atoms with E-state index in [4.69, 9.17) is 11.6 Å². The van der Waals surface area contributed by atoms with Crippen molar-refractivity contribution in [2.45, 2.75) is 6.92 Å². The first kappa shape index (κ1) is 15.8. The van der Waals surface area contributed by atoms with Gasteiger partial charge in [-0.15, -0.1) is 0 Å². The number of thiazole rings is 1. The molecule has 0 unspecified atom stereocenters. The summed E-state index contributed by atoms with van der Waals surface area (Å²) in [4.78, 5) is 21.0. The van der Waals surface area contributed by atoms with Gasteiger partial charge in [0.05, 0.1) is 10.9 Å². The largest absolute Gasteiger partial charge is 0.492 e. The maximum atomic E-state index is 12.4. The SMILES string of the molecule is Cc1cccc2c1=NC(=O)C=2c1sc(Nc2ccc(Cl)cc2)nc1O. The van der Waals surface area contributed by atoms with Crippen LogP contribution >= 0.6 is 22.9 Å². The molecule has 124 valence electrons. The molecule has 0 atom stereocenters. The number of aryl methyl sites for hydroxylation is 1. The molecule has 0 saturated heterocycles. The lowest BCUT2D eigenvalue weighted by molar-refractivity contribution is -0.112. The van der Waals surface area contributed by atoms with Crippen LogP contribution in [0.2, 0.25) is 5.02 Å². The Bertz CT molecular complexity index is 1120. The smallest absolute Gasteiger partial charge is 0.279 e. The van der Waals surface area contributed by atoms with E-state index in [-0.39, 0.29) is 11.8 Å². The second kappa shape index (κ2) is 5.98. The number of nitrogens with one attached hydrogen (secondary N) is 1. The van der Waals surface area contributed by atoms with Gasteiger partial charge in [-0.3, -0.25) is 4.79 Å². The van der Waals surface area contributed by atoms with Crippen molar-refractivity contribution in [1.29, 1.82) is 0 Å². The van der Waals surface area contributed by atoms with Crippen LogP contribution in [-0.2, 0) is 4.79 Å². The van der Waals surface area contributed by atoms with E-state index in [1.165, 1.54) is 11.3 Å². The van der Waals surface area contributed by atoms with Crippen LogP contribution in [0.15, 0.2) is 47.5 Å². The van der Waals surface area contributed by atoms with Crippen LogP contribution in [0, 0.1) is 6.92 Å². The van der Waals surface area contributed by atoms with Gasteiger partial charge in [0, 0.05) is 15.9 Å². The van der Waals surface area contributed by atoms with Gasteiger partial charge < -0.3 is 10.4 Å². The summed E-state index contributed by atoms with van der Waals surface area (Å²) in [6, 6.07) is 12.7. The lowest BCUT2D eigenvalue weighted by Crippen LogP contribution is -2.25. The summed E-state index contributed by atoms with van der Waals surface area (Å²) in [6.45, 7) is 1.90. The van der Waals surface area contributed by atoms with Gasteiger partial charge in [0.25, 0.3) is 5.91 Å². The molecule has 1 aliphatic heterocycles. The van der Waals surface area contributed by atoms with Gasteiger partial charge in [0.15, 0.2) is 5.13 Å². The number of aromatic nitrogens is 1. The third-order valence-corrected chi connectivity index (χ3v) is 5.10. The number of para-hydroxylation sites is 1. The predicted molar refractivity (Wildman–Crippen MR) is 98.0 cm³/mol. The quantitative estimate of drug-likeness (QED) is 0.744. The molecule has 2 heterocycles. The van der Waals surface area contributed by atoms with Gasteiger partial charge in [-0.05, 0) is 36.8 Å². The molecule has 0 saturated carbocycles. The van der Waals surface area contributed by atoms with E-state index in [2.05, 4.69) is 15.3 Å². The molecule has 2 aromatic carbocycles. The van der Waals surface area contributed by atoms with Crippen molar-refractivity contribution in [3.63, 3.8) is 0 Å². The molecule has 0 radical (unpaired) electrons. The van der Waals surface area contributed by atoms with E-state index in [1.807, 2.05) is 37.3 Å². The van der Waals surface area contributed by atoms with Gasteiger partial charge in [0.1, 0.15) is 4.88 Å². The highest BCUT2D eigenvalue weighted by Crippen LogP contribution is 2.35. The fourth-order valence-corrected chi connectivity index (χ4v) is 3.74. The van der Waals surface area contributed by atoms with Crippen molar-refractivity contribution >= 4 is 45.2 Å². The Morgan fingerprint density at radius 3 is 2.68 bits per heavy atom. The Balaban J connectivity index is 1.79. The zero-order valence-corrected chi connectivity index (χ0v) is 14.6. The van der Waals surface area contributed by atoms with E-state index >= 15 is 0 Å². The van der Waals surface area contributed by atoms with E-state index in [0.717, 1.165) is 16.5 Å². The molecule has 3 aromatic rings. The lowest BCUT2D eigenvalue weighted by Gasteiger charge is -2.01. The van der Waals surface area contributed by atoms with Gasteiger partial charge in [0.2, 0.25) is 5.88 Å². The minimum atomic E-state index is -0.360. The Labute approximate surface area is 152 Å². The number of anilines is 2. The topological polar surface area (TPSA) is 74.6 Å². The van der Waals surface area contributed by atoms with Crippen LogP contribution in [0.25, 0.3) is 5.57 Å². The molecular formula is C18H12ClN3O2S. The van der Waals surface area contributed by atoms with Crippen molar-refractivity contribution in [2.75, 3.05) is 5.32 Å². The molecule has 0 spiro atoms. The van der Waals surface area contributed by atoms with Crippen LogP contribution in [0.3, 0.4) is 0 Å². The summed E-state index contributed by atoms with van der Waals surface area (Å²) >= 11 is 7.08. The number of hydrogen-bond donors (Lipinski definition) is 2. The first-order chi connectivity index (χ1) is 12.0. The first-order valence-electron chi connectivity index (χ1n) is 7.48. The summed E-state index contributed by atoms with van der Waals surface area (Å²) in [6.07, 6.45) is 0. The van der Waals surface area contributed by atoms with E-state index in [0.29, 0.717) is 26.0 Å². The van der Waals surface area contributed by atoms with Crippen LogP contribution < -0.4 is 15.9 Å². The predicted octanol–water partition coefficient (Wildman–Crippen LogP) is 2.91. The summed E-state index contributed by atoms with van der Waals surface area (Å²) in [5.74, 6) is -0.546. The molecule has 1 aliphatic rings. The molecule has 0 bridgehead atoms. The van der Waals surface area contributed by atoms with E-state index in [9.17, 15) is 9.90 Å². The number of carbonyl (C=O) groups is 1. The minimum Gasteiger partial charge on any atom is -0.492 e. The summed E-state index contributed by atoms with van der Waals surface area (Å²) < 4.78 is 0. The molecular weight excluding hydrogens is 358 g/mol. The monoisotopic (exact) mass is 369 g/mol. The normalized spacial score (nSPS) is 12.9. The number of nitrogens with zero attached hydrogens (tertiary/aromatic N) is 2. The fourth-order valence-electron chi connectivity index (χ4n) is 2.69. The molecule has 2 N–H and O–H groups in total. The summed E-state index contributed by atoms with van der Waals surface area (Å²) in [7, 11) is 0. The first-order valence-corrected chi connectivity index (χ1v) is 8.68. The number of fused-ring (bicyclic) bond motifs is 1. The highest BCUT2D eigenvalue weighted by atomic mass is 35.5. The molecule has 5 nitrogen and oxygen atoms in total. The Hall–Kier alpha value is -2.70. The number of hydrogen-bond acceptors (Lipinski definition) is 5. The molecule has 7 heteroatoms. The van der Waals surface area contributed by atoms with Crippen LogP contribution in [0.1, 0.15) is 10.4 Å². The lowest BCUT2D eigenvalue weighted by atomic mass is 10.1. The Morgan fingerprint density at radius 1 is 1.16 bits per heavy atom. The second-order valence-electron chi connectivity index (χ2n) is 5.57. The standard InChI is InChI=1S/C18H12ClN3O2S/c1-9-3-2-4-12-13(16(23)21-14(9)12)15-17(24)22-18(25-15)20-11-7-5-10(19)6-8-11/h2-8,24H,1H3,(H,20,22). The maximum Gasteiger partial charge on any atom is 0.279 e. The van der Waals surface area contributed by atoms with Crippen molar-refractivity contribution in [3.8, 4) is 5.88 Å². The number of benzene rings is 2. The van der Waals surface area contributed by atoms with Crippen molar-refractivity contribution < 1.29 is 9.90 Å². The summed E-state index contributed by atoms with van der Waals surface area (Å²) in [5, 5.41) is 15.8. The molecule has 1 aromatic heterocycles. The molecule has 1 amide bonds. The number of rotatable bonds is 3. The molecule has 4 rings (SSSR count). The molecule has 0 fully saturated rings. The molecule has 25 heavy (non-hydrogen) atoms. The fraction of sp³-hybridized carbons (Fsp3) is 0.0556. The van der Waals surface area contributed by atoms with E-state index in [1.54, 1.807) is 12.1 Å².